The molecule has 0 radical (unpaired) electrons. The van der Waals surface area contributed by atoms with Gasteiger partial charge in [0, 0.05) is 37.0 Å². The molecule has 2 aliphatic heterocycles. The Balaban J connectivity index is 1.93. The first-order valence-electron chi connectivity index (χ1n) is 11.2. The van der Waals surface area contributed by atoms with E-state index < -0.39 is 0 Å². The second kappa shape index (κ2) is 7.56. The molecular formula is C26H29N2O3+. The summed E-state index contributed by atoms with van der Waals surface area (Å²) in [4.78, 5) is 15.4. The third-order valence-corrected chi connectivity index (χ3v) is 6.51. The smallest absolute Gasteiger partial charge is 0.347 e. The molecule has 3 aliphatic rings. The van der Waals surface area contributed by atoms with Crippen LogP contribution < -0.4 is 20.5 Å². The van der Waals surface area contributed by atoms with E-state index >= 15 is 0 Å². The van der Waals surface area contributed by atoms with Crippen LogP contribution in [0.4, 0.5) is 5.69 Å². The highest BCUT2D eigenvalue weighted by atomic mass is 16.4. The van der Waals surface area contributed by atoms with Crippen LogP contribution in [0, 0.1) is 0 Å². The van der Waals surface area contributed by atoms with Gasteiger partial charge in [-0.2, -0.15) is 0 Å². The van der Waals surface area contributed by atoms with Gasteiger partial charge in [0.2, 0.25) is 5.36 Å². The van der Waals surface area contributed by atoms with Crippen LogP contribution in [0.15, 0.2) is 44.0 Å². The molecule has 31 heavy (non-hydrogen) atoms. The molecule has 0 saturated carbocycles. The van der Waals surface area contributed by atoms with E-state index in [2.05, 4.69) is 47.7 Å². The van der Waals surface area contributed by atoms with Gasteiger partial charge in [-0.25, -0.2) is 9.37 Å². The van der Waals surface area contributed by atoms with Crippen molar-refractivity contribution in [2.75, 3.05) is 32.6 Å². The van der Waals surface area contributed by atoms with Crippen molar-refractivity contribution in [2.24, 2.45) is 0 Å². The zero-order valence-electron chi connectivity index (χ0n) is 18.7. The summed E-state index contributed by atoms with van der Waals surface area (Å²) in [5.74, 6) is 0.812. The number of unbranched alkanes of at least 4 members (excludes halogenated alkanes) is 1. The van der Waals surface area contributed by atoms with Crippen molar-refractivity contribution in [3.05, 3.63) is 57.2 Å². The Labute approximate surface area is 181 Å². The maximum absolute atomic E-state index is 13.2. The second-order valence-electron chi connectivity index (χ2n) is 8.85. The van der Waals surface area contributed by atoms with Gasteiger partial charge >= 0.3 is 5.63 Å². The first-order chi connectivity index (χ1) is 15.0. The lowest BCUT2D eigenvalue weighted by Gasteiger charge is -2.27. The van der Waals surface area contributed by atoms with Crippen LogP contribution in [0.1, 0.15) is 37.3 Å². The number of hydrogen-bond acceptors (Lipinski definition) is 4. The van der Waals surface area contributed by atoms with Crippen LogP contribution in [0.2, 0.25) is 0 Å². The van der Waals surface area contributed by atoms with Gasteiger partial charge < -0.3 is 13.7 Å². The van der Waals surface area contributed by atoms with E-state index in [1.807, 2.05) is 20.2 Å². The number of hydrogen-bond donors (Lipinski definition) is 0. The Morgan fingerprint density at radius 1 is 1.13 bits per heavy atom. The molecule has 0 bridgehead atoms. The van der Waals surface area contributed by atoms with E-state index in [1.54, 1.807) is 0 Å². The molecule has 2 aromatic rings. The molecule has 0 spiro atoms. The van der Waals surface area contributed by atoms with Crippen LogP contribution in [-0.4, -0.2) is 27.7 Å². The Morgan fingerprint density at radius 2 is 1.97 bits per heavy atom. The van der Waals surface area contributed by atoms with Crippen LogP contribution in [0.3, 0.4) is 0 Å². The quantitative estimate of drug-likeness (QED) is 0.215. The molecule has 0 fully saturated rings. The monoisotopic (exact) mass is 417 g/mol. The summed E-state index contributed by atoms with van der Waals surface area (Å²) in [5, 5.41) is 2.55. The van der Waals surface area contributed by atoms with Crippen LogP contribution in [0.25, 0.3) is 33.3 Å². The van der Waals surface area contributed by atoms with Gasteiger partial charge in [-0.1, -0.05) is 13.3 Å². The van der Waals surface area contributed by atoms with E-state index in [9.17, 15) is 4.79 Å². The zero-order valence-corrected chi connectivity index (χ0v) is 18.7. The summed E-state index contributed by atoms with van der Waals surface area (Å²) < 4.78 is 14.4. The Bertz CT molecular complexity index is 1410. The highest BCUT2D eigenvalue weighted by Gasteiger charge is 2.23. The molecule has 3 heterocycles. The average Bonchev–Trinajstić information content (AvgIpc) is 2.76. The van der Waals surface area contributed by atoms with Crippen molar-refractivity contribution in [2.45, 2.75) is 39.0 Å². The largest absolute Gasteiger partial charge is 0.455 e. The normalized spacial score (nSPS) is 13.9. The molecule has 0 saturated heterocycles. The molecule has 5 nitrogen and oxygen atoms in total. The predicted octanol–water partition coefficient (Wildman–Crippen LogP) is 4.40. The van der Waals surface area contributed by atoms with Crippen molar-refractivity contribution in [3.63, 3.8) is 0 Å². The molecular weight excluding hydrogens is 388 g/mol. The number of benzene rings is 2. The van der Waals surface area contributed by atoms with Gasteiger partial charge in [-0.15, -0.1) is 0 Å². The Kier molecular flexibility index (Phi) is 4.84. The average molecular weight is 418 g/mol. The van der Waals surface area contributed by atoms with E-state index in [0.29, 0.717) is 16.6 Å². The van der Waals surface area contributed by atoms with Crippen molar-refractivity contribution in [1.29, 1.82) is 0 Å². The van der Waals surface area contributed by atoms with Gasteiger partial charge in [0.15, 0.2) is 5.58 Å². The molecule has 0 amide bonds. The Hall–Kier alpha value is -3.08. The number of fused-ring (bicyclic) bond motifs is 5. The van der Waals surface area contributed by atoms with Gasteiger partial charge in [0.05, 0.1) is 11.5 Å². The first-order valence-corrected chi connectivity index (χ1v) is 11.2. The maximum atomic E-state index is 13.2. The van der Waals surface area contributed by atoms with Gasteiger partial charge in [-0.05, 0) is 48.9 Å². The Morgan fingerprint density at radius 3 is 2.74 bits per heavy atom. The minimum Gasteiger partial charge on any atom is -0.455 e. The molecule has 5 rings (SSSR count). The number of rotatable bonds is 3. The molecule has 5 heteroatoms. The van der Waals surface area contributed by atoms with Gasteiger partial charge in [0.1, 0.15) is 30.8 Å². The molecule has 0 atom stereocenters. The summed E-state index contributed by atoms with van der Waals surface area (Å²) in [7, 11) is 6.13. The van der Waals surface area contributed by atoms with Crippen molar-refractivity contribution in [1.82, 2.24) is 4.58 Å². The van der Waals surface area contributed by atoms with Crippen LogP contribution in [0.5, 0.6) is 0 Å². The molecule has 160 valence electrons. The minimum absolute atomic E-state index is 0.311. The van der Waals surface area contributed by atoms with Gasteiger partial charge in [0.25, 0.3) is 0 Å². The topological polar surface area (TPSA) is 49.6 Å². The van der Waals surface area contributed by atoms with Gasteiger partial charge in [-0.3, -0.25) is 0 Å². The van der Waals surface area contributed by atoms with Crippen LogP contribution in [-0.2, 0) is 12.8 Å². The van der Waals surface area contributed by atoms with Crippen LogP contribution >= 0.6 is 0 Å². The first kappa shape index (κ1) is 19.9. The predicted molar refractivity (Wildman–Crippen MR) is 126 cm³/mol. The summed E-state index contributed by atoms with van der Waals surface area (Å²) in [5.41, 5.74) is 5.39. The molecule has 0 N–H and O–H groups in total. The minimum atomic E-state index is -0.311. The SMILES string of the molecule is CCCCc1c2ccc(=[N+](C)C)cc-2oc2c1c(=O)oc1cc3c(cc12)CCCN3C. The summed E-state index contributed by atoms with van der Waals surface area (Å²) >= 11 is 0. The third kappa shape index (κ3) is 3.23. The van der Waals surface area contributed by atoms with E-state index in [1.165, 1.54) is 5.56 Å². The molecule has 1 aliphatic carbocycles. The van der Waals surface area contributed by atoms with Crippen molar-refractivity contribution < 1.29 is 8.83 Å². The summed E-state index contributed by atoms with van der Waals surface area (Å²) in [6.45, 7) is 3.18. The fourth-order valence-electron chi connectivity index (χ4n) is 4.78. The lowest BCUT2D eigenvalue weighted by Crippen LogP contribution is -2.24. The fraction of sp³-hybridized carbons (Fsp3) is 0.385. The molecule has 1 aromatic carbocycles. The van der Waals surface area contributed by atoms with Crippen molar-refractivity contribution in [3.8, 4) is 11.3 Å². The lowest BCUT2D eigenvalue weighted by molar-refractivity contribution is 0.557. The maximum Gasteiger partial charge on any atom is 0.347 e. The number of aryl methyl sites for hydroxylation is 2. The van der Waals surface area contributed by atoms with Crippen molar-refractivity contribution >= 4 is 27.6 Å². The van der Waals surface area contributed by atoms with E-state index in [-0.39, 0.29) is 5.63 Å². The van der Waals surface area contributed by atoms with E-state index in [0.717, 1.165) is 72.0 Å². The summed E-state index contributed by atoms with van der Waals surface area (Å²) in [6.07, 6.45) is 5.04. The zero-order chi connectivity index (χ0) is 21.7. The lowest BCUT2D eigenvalue weighted by atomic mass is 9.94. The fourth-order valence-corrected chi connectivity index (χ4v) is 4.78. The molecule has 1 aromatic heterocycles. The standard InChI is InChI=1S/C26H29N2O3/c1-5-6-9-19-18-11-10-17(27(2)3)14-22(18)30-25-20-13-16-8-7-12-28(4)21(16)15-23(20)31-26(29)24(19)25/h10-11,13-15H,5-9,12H2,1-4H3/q+1. The highest BCUT2D eigenvalue weighted by Crippen LogP contribution is 2.38. The number of nitrogens with zero attached hydrogens (tertiary/aromatic N) is 2. The summed E-state index contributed by atoms with van der Waals surface area (Å²) in [6, 6.07) is 10.4. The third-order valence-electron chi connectivity index (χ3n) is 6.51. The highest BCUT2D eigenvalue weighted by molar-refractivity contribution is 6.05. The second-order valence-corrected chi connectivity index (χ2v) is 8.85. The molecule has 0 unspecified atom stereocenters. The number of anilines is 1. The van der Waals surface area contributed by atoms with E-state index in [4.69, 9.17) is 8.83 Å².